The first-order valence-corrected chi connectivity index (χ1v) is 7.12. The molecule has 1 aliphatic heterocycles. The summed E-state index contributed by atoms with van der Waals surface area (Å²) in [7, 11) is 0. The molecule has 1 aromatic carbocycles. The Labute approximate surface area is 118 Å². The minimum absolute atomic E-state index is 0.184. The average molecular weight is 282 g/mol. The van der Waals surface area contributed by atoms with Gasteiger partial charge in [-0.3, -0.25) is 9.69 Å². The number of carbonyl (C=O) groups excluding carboxylic acids is 1. The molecule has 0 atom stereocenters. The maximum absolute atomic E-state index is 13.1. The van der Waals surface area contributed by atoms with E-state index in [2.05, 4.69) is 10.2 Å². The molecular formula is C15H20F2N2O. The van der Waals surface area contributed by atoms with Crippen molar-refractivity contribution in [3.63, 3.8) is 0 Å². The van der Waals surface area contributed by atoms with Gasteiger partial charge in [0.1, 0.15) is 0 Å². The van der Waals surface area contributed by atoms with Crippen molar-refractivity contribution in [1.29, 1.82) is 0 Å². The molecule has 0 aromatic heterocycles. The van der Waals surface area contributed by atoms with Gasteiger partial charge in [-0.2, -0.15) is 0 Å². The standard InChI is InChI=1S/C15H20F2N2O/c16-13-7-6-12(10-14(13)17)18-15(20)11-19-8-4-2-1-3-5-9-19/h6-7,10H,1-5,8-9,11H2,(H,18,20). The first-order chi connectivity index (χ1) is 9.65. The molecule has 0 radical (unpaired) electrons. The molecule has 1 amide bonds. The minimum Gasteiger partial charge on any atom is -0.325 e. The zero-order chi connectivity index (χ0) is 14.4. The van der Waals surface area contributed by atoms with E-state index in [1.807, 2.05) is 0 Å². The number of hydrogen-bond acceptors (Lipinski definition) is 2. The summed E-state index contributed by atoms with van der Waals surface area (Å²) in [6, 6.07) is 3.38. The molecule has 1 N–H and O–H groups in total. The first-order valence-electron chi connectivity index (χ1n) is 7.12. The number of benzene rings is 1. The maximum Gasteiger partial charge on any atom is 0.238 e. The third kappa shape index (κ3) is 4.56. The third-order valence-corrected chi connectivity index (χ3v) is 3.52. The number of amides is 1. The number of halogens is 2. The molecule has 0 bridgehead atoms. The lowest BCUT2D eigenvalue weighted by Crippen LogP contribution is -2.35. The van der Waals surface area contributed by atoms with Crippen molar-refractivity contribution in [2.24, 2.45) is 0 Å². The molecule has 1 fully saturated rings. The van der Waals surface area contributed by atoms with Crippen molar-refractivity contribution < 1.29 is 13.6 Å². The van der Waals surface area contributed by atoms with E-state index in [0.717, 1.165) is 38.1 Å². The van der Waals surface area contributed by atoms with E-state index in [4.69, 9.17) is 0 Å². The summed E-state index contributed by atoms with van der Waals surface area (Å²) in [5.74, 6) is -2.04. The van der Waals surface area contributed by atoms with Crippen LogP contribution in [0.15, 0.2) is 18.2 Å². The SMILES string of the molecule is O=C(CN1CCCCCCC1)Nc1ccc(F)c(F)c1. The molecule has 0 unspecified atom stereocenters. The summed E-state index contributed by atoms with van der Waals surface area (Å²) in [5.41, 5.74) is 0.293. The average Bonchev–Trinajstić information content (AvgIpc) is 2.37. The Hall–Kier alpha value is -1.49. The molecule has 110 valence electrons. The van der Waals surface area contributed by atoms with Crippen LogP contribution in [0.1, 0.15) is 32.1 Å². The van der Waals surface area contributed by atoms with Crippen LogP contribution >= 0.6 is 0 Å². The van der Waals surface area contributed by atoms with Crippen LogP contribution in [0.4, 0.5) is 14.5 Å². The largest absolute Gasteiger partial charge is 0.325 e. The normalized spacial score (nSPS) is 17.3. The number of rotatable bonds is 3. The Balaban J connectivity index is 1.85. The van der Waals surface area contributed by atoms with Crippen molar-refractivity contribution >= 4 is 11.6 Å². The summed E-state index contributed by atoms with van der Waals surface area (Å²) in [4.78, 5) is 14.0. The van der Waals surface area contributed by atoms with Gasteiger partial charge in [-0.1, -0.05) is 19.3 Å². The highest BCUT2D eigenvalue weighted by atomic mass is 19.2. The fourth-order valence-corrected chi connectivity index (χ4v) is 2.45. The topological polar surface area (TPSA) is 32.3 Å². The van der Waals surface area contributed by atoms with Crippen molar-refractivity contribution in [2.75, 3.05) is 25.0 Å². The summed E-state index contributed by atoms with van der Waals surface area (Å²) in [5, 5.41) is 2.61. The molecule has 20 heavy (non-hydrogen) atoms. The van der Waals surface area contributed by atoms with Gasteiger partial charge in [-0.25, -0.2) is 8.78 Å². The van der Waals surface area contributed by atoms with Gasteiger partial charge in [0, 0.05) is 11.8 Å². The zero-order valence-corrected chi connectivity index (χ0v) is 11.5. The lowest BCUT2D eigenvalue weighted by atomic mass is 10.1. The number of nitrogens with one attached hydrogen (secondary N) is 1. The molecule has 1 saturated heterocycles. The molecule has 1 aromatic rings. The predicted molar refractivity (Wildman–Crippen MR) is 74.5 cm³/mol. The van der Waals surface area contributed by atoms with Crippen LogP contribution in [0.5, 0.6) is 0 Å². The van der Waals surface area contributed by atoms with Gasteiger partial charge < -0.3 is 5.32 Å². The highest BCUT2D eigenvalue weighted by Crippen LogP contribution is 2.14. The van der Waals surface area contributed by atoms with E-state index in [-0.39, 0.29) is 5.91 Å². The van der Waals surface area contributed by atoms with Crippen molar-refractivity contribution in [3.05, 3.63) is 29.8 Å². The van der Waals surface area contributed by atoms with Crippen LogP contribution in [0.2, 0.25) is 0 Å². The quantitative estimate of drug-likeness (QED) is 0.923. The van der Waals surface area contributed by atoms with Gasteiger partial charge in [-0.05, 0) is 38.1 Å². The Morgan fingerprint density at radius 1 is 1.05 bits per heavy atom. The smallest absolute Gasteiger partial charge is 0.238 e. The van der Waals surface area contributed by atoms with Crippen LogP contribution in [0, 0.1) is 11.6 Å². The van der Waals surface area contributed by atoms with Gasteiger partial charge >= 0.3 is 0 Å². The molecule has 5 heteroatoms. The zero-order valence-electron chi connectivity index (χ0n) is 11.5. The van der Waals surface area contributed by atoms with E-state index >= 15 is 0 Å². The van der Waals surface area contributed by atoms with Crippen LogP contribution in [0.3, 0.4) is 0 Å². The van der Waals surface area contributed by atoms with Crippen molar-refractivity contribution in [1.82, 2.24) is 4.90 Å². The maximum atomic E-state index is 13.1. The van der Waals surface area contributed by atoms with Gasteiger partial charge in [-0.15, -0.1) is 0 Å². The second-order valence-electron chi connectivity index (χ2n) is 5.22. The molecule has 3 nitrogen and oxygen atoms in total. The third-order valence-electron chi connectivity index (χ3n) is 3.52. The summed E-state index contributed by atoms with van der Waals surface area (Å²) in [6.45, 7) is 2.15. The molecule has 0 aliphatic carbocycles. The van der Waals surface area contributed by atoms with Gasteiger partial charge in [0.15, 0.2) is 11.6 Å². The Bertz CT molecular complexity index is 457. The molecule has 1 aliphatic rings. The molecule has 2 rings (SSSR count). The van der Waals surface area contributed by atoms with E-state index in [1.165, 1.54) is 25.3 Å². The lowest BCUT2D eigenvalue weighted by Gasteiger charge is -2.23. The number of anilines is 1. The molecular weight excluding hydrogens is 262 g/mol. The summed E-state index contributed by atoms with van der Waals surface area (Å²) in [6.07, 6.45) is 5.91. The highest BCUT2D eigenvalue weighted by Gasteiger charge is 2.13. The number of nitrogens with zero attached hydrogens (tertiary/aromatic N) is 1. The van der Waals surface area contributed by atoms with E-state index in [1.54, 1.807) is 0 Å². The first kappa shape index (κ1) is 14.9. The Kier molecular flexibility index (Phi) is 5.47. The van der Waals surface area contributed by atoms with E-state index in [0.29, 0.717) is 12.2 Å². The Morgan fingerprint density at radius 2 is 1.70 bits per heavy atom. The van der Waals surface area contributed by atoms with Crippen molar-refractivity contribution in [3.8, 4) is 0 Å². The van der Waals surface area contributed by atoms with Crippen LogP contribution < -0.4 is 5.32 Å². The number of carbonyl (C=O) groups is 1. The molecule has 1 heterocycles. The lowest BCUT2D eigenvalue weighted by molar-refractivity contribution is -0.117. The predicted octanol–water partition coefficient (Wildman–Crippen LogP) is 3.17. The number of likely N-dealkylation sites (tertiary alicyclic amines) is 1. The Morgan fingerprint density at radius 3 is 2.35 bits per heavy atom. The fraction of sp³-hybridized carbons (Fsp3) is 0.533. The van der Waals surface area contributed by atoms with Gasteiger partial charge in [0.25, 0.3) is 0 Å². The van der Waals surface area contributed by atoms with E-state index < -0.39 is 11.6 Å². The summed E-state index contributed by atoms with van der Waals surface area (Å²) < 4.78 is 25.8. The van der Waals surface area contributed by atoms with Gasteiger partial charge in [0.2, 0.25) is 5.91 Å². The molecule has 0 spiro atoms. The van der Waals surface area contributed by atoms with Crippen LogP contribution in [-0.2, 0) is 4.79 Å². The fourth-order valence-electron chi connectivity index (χ4n) is 2.45. The highest BCUT2D eigenvalue weighted by molar-refractivity contribution is 5.92. The van der Waals surface area contributed by atoms with Crippen LogP contribution in [-0.4, -0.2) is 30.4 Å². The van der Waals surface area contributed by atoms with Crippen molar-refractivity contribution in [2.45, 2.75) is 32.1 Å². The number of hydrogen-bond donors (Lipinski definition) is 1. The summed E-state index contributed by atoms with van der Waals surface area (Å²) >= 11 is 0. The minimum atomic E-state index is -0.950. The second kappa shape index (κ2) is 7.33. The molecule has 0 saturated carbocycles. The second-order valence-corrected chi connectivity index (χ2v) is 5.22. The van der Waals surface area contributed by atoms with Gasteiger partial charge in [0.05, 0.1) is 6.54 Å². The monoisotopic (exact) mass is 282 g/mol. The van der Waals surface area contributed by atoms with E-state index in [9.17, 15) is 13.6 Å². The van der Waals surface area contributed by atoms with Crippen LogP contribution in [0.25, 0.3) is 0 Å².